The molecule has 21 heavy (non-hydrogen) atoms. The van der Waals surface area contributed by atoms with E-state index in [1.165, 1.54) is 10.4 Å². The number of carbonyl (C=O) groups is 1. The average Bonchev–Trinajstić information content (AvgIpc) is 2.96. The average molecular weight is 320 g/mol. The number of rotatable bonds is 4. The summed E-state index contributed by atoms with van der Waals surface area (Å²) in [7, 11) is 0. The Morgan fingerprint density at radius 2 is 2.19 bits per heavy atom. The van der Waals surface area contributed by atoms with E-state index in [0.29, 0.717) is 23.0 Å². The second-order valence-corrected chi connectivity index (χ2v) is 6.82. The van der Waals surface area contributed by atoms with E-state index in [-0.39, 0.29) is 5.78 Å². The van der Waals surface area contributed by atoms with Crippen LogP contribution in [-0.4, -0.2) is 23.8 Å². The van der Waals surface area contributed by atoms with Crippen LogP contribution in [0, 0.1) is 0 Å². The van der Waals surface area contributed by atoms with E-state index in [9.17, 15) is 4.79 Å². The molecule has 1 unspecified atom stereocenters. The van der Waals surface area contributed by atoms with Crippen molar-refractivity contribution in [2.24, 2.45) is 0 Å². The van der Waals surface area contributed by atoms with Gasteiger partial charge in [0, 0.05) is 36.0 Å². The smallest absolute Gasteiger partial charge is 0.165 e. The van der Waals surface area contributed by atoms with Crippen LogP contribution in [0.4, 0.5) is 0 Å². The van der Waals surface area contributed by atoms with E-state index in [0.717, 1.165) is 19.5 Å². The zero-order chi connectivity index (χ0) is 14.8. The standard InChI is InChI=1S/C17H18ClNOS/c1-12-13-8-11-21-17(13)7-10-19(12)9-6-16(20)14-4-2-3-5-15(14)18/h2-5,8,11-12H,6-7,9-10H2,1H3. The van der Waals surface area contributed by atoms with Crippen LogP contribution >= 0.6 is 22.9 Å². The summed E-state index contributed by atoms with van der Waals surface area (Å²) in [5.74, 6) is 0.129. The fraction of sp³-hybridized carbons (Fsp3) is 0.353. The van der Waals surface area contributed by atoms with Gasteiger partial charge in [-0.25, -0.2) is 0 Å². The first-order valence-electron chi connectivity index (χ1n) is 7.25. The summed E-state index contributed by atoms with van der Waals surface area (Å²) in [6.07, 6.45) is 1.62. The molecular weight excluding hydrogens is 302 g/mol. The molecule has 1 aliphatic rings. The number of ketones is 1. The Labute approximate surface area is 134 Å². The first-order chi connectivity index (χ1) is 10.2. The summed E-state index contributed by atoms with van der Waals surface area (Å²) in [4.78, 5) is 16.2. The molecule has 0 N–H and O–H groups in total. The van der Waals surface area contributed by atoms with E-state index in [1.54, 1.807) is 12.1 Å². The van der Waals surface area contributed by atoms with Gasteiger partial charge in [-0.15, -0.1) is 11.3 Å². The Hall–Kier alpha value is -1.16. The molecule has 2 aromatic rings. The molecule has 0 fully saturated rings. The number of fused-ring (bicyclic) bond motifs is 1. The number of nitrogens with zero attached hydrogens (tertiary/aromatic N) is 1. The highest BCUT2D eigenvalue weighted by atomic mass is 35.5. The second kappa shape index (κ2) is 6.30. The first kappa shape index (κ1) is 14.8. The van der Waals surface area contributed by atoms with Gasteiger partial charge in [0.15, 0.2) is 5.78 Å². The summed E-state index contributed by atoms with van der Waals surface area (Å²) in [6.45, 7) is 4.05. The molecule has 1 aliphatic heterocycles. The number of halogens is 1. The Morgan fingerprint density at radius 3 is 3.00 bits per heavy atom. The summed E-state index contributed by atoms with van der Waals surface area (Å²) < 4.78 is 0. The summed E-state index contributed by atoms with van der Waals surface area (Å²) in [5, 5.41) is 2.72. The van der Waals surface area contributed by atoms with Crippen molar-refractivity contribution in [1.82, 2.24) is 4.90 Å². The third kappa shape index (κ3) is 3.05. The van der Waals surface area contributed by atoms with Gasteiger partial charge in [-0.2, -0.15) is 0 Å². The maximum atomic E-state index is 12.3. The number of Topliss-reactive ketones (excluding diaryl/α,β-unsaturated/α-hetero) is 1. The molecule has 0 spiro atoms. The van der Waals surface area contributed by atoms with Gasteiger partial charge in [0.1, 0.15) is 0 Å². The Morgan fingerprint density at radius 1 is 1.38 bits per heavy atom. The maximum absolute atomic E-state index is 12.3. The Bertz CT molecular complexity index is 652. The second-order valence-electron chi connectivity index (χ2n) is 5.41. The summed E-state index contributed by atoms with van der Waals surface area (Å²) in [6, 6.07) is 9.91. The lowest BCUT2D eigenvalue weighted by molar-refractivity contribution is 0.0950. The molecular formula is C17H18ClNOS. The van der Waals surface area contributed by atoms with E-state index in [2.05, 4.69) is 23.3 Å². The SMILES string of the molecule is CC1c2ccsc2CCN1CCC(=O)c1ccccc1Cl. The fourth-order valence-corrected chi connectivity index (χ4v) is 4.14. The highest BCUT2D eigenvalue weighted by molar-refractivity contribution is 7.10. The van der Waals surface area contributed by atoms with E-state index < -0.39 is 0 Å². The van der Waals surface area contributed by atoms with Crippen molar-refractivity contribution in [2.75, 3.05) is 13.1 Å². The van der Waals surface area contributed by atoms with Crippen molar-refractivity contribution in [2.45, 2.75) is 25.8 Å². The van der Waals surface area contributed by atoms with Gasteiger partial charge < -0.3 is 0 Å². The molecule has 1 atom stereocenters. The number of carbonyl (C=O) groups excluding carboxylic acids is 1. The van der Waals surface area contributed by atoms with E-state index in [4.69, 9.17) is 11.6 Å². The van der Waals surface area contributed by atoms with Crippen molar-refractivity contribution < 1.29 is 4.79 Å². The zero-order valence-corrected chi connectivity index (χ0v) is 13.6. The van der Waals surface area contributed by atoms with Crippen molar-refractivity contribution in [1.29, 1.82) is 0 Å². The molecule has 2 heterocycles. The first-order valence-corrected chi connectivity index (χ1v) is 8.50. The predicted molar refractivity (Wildman–Crippen MR) is 88.4 cm³/mol. The molecule has 0 saturated carbocycles. The Kier molecular flexibility index (Phi) is 4.43. The molecule has 0 amide bonds. The highest BCUT2D eigenvalue weighted by Gasteiger charge is 2.25. The Balaban J connectivity index is 1.64. The molecule has 0 saturated heterocycles. The van der Waals surface area contributed by atoms with Crippen LogP contribution in [0.1, 0.15) is 40.2 Å². The number of hydrogen-bond donors (Lipinski definition) is 0. The fourth-order valence-electron chi connectivity index (χ4n) is 2.93. The minimum Gasteiger partial charge on any atom is -0.296 e. The summed E-state index contributed by atoms with van der Waals surface area (Å²) >= 11 is 7.93. The van der Waals surface area contributed by atoms with Crippen LogP contribution < -0.4 is 0 Å². The van der Waals surface area contributed by atoms with E-state index >= 15 is 0 Å². The lowest BCUT2D eigenvalue weighted by atomic mass is 10.0. The third-order valence-electron chi connectivity index (χ3n) is 4.20. The van der Waals surface area contributed by atoms with Gasteiger partial charge in [-0.3, -0.25) is 9.69 Å². The molecule has 4 heteroatoms. The van der Waals surface area contributed by atoms with Gasteiger partial charge in [0.2, 0.25) is 0 Å². The van der Waals surface area contributed by atoms with Gasteiger partial charge in [-0.05, 0) is 42.5 Å². The third-order valence-corrected chi connectivity index (χ3v) is 5.53. The molecule has 0 aliphatic carbocycles. The lowest BCUT2D eigenvalue weighted by Gasteiger charge is -2.33. The van der Waals surface area contributed by atoms with Crippen LogP contribution in [0.2, 0.25) is 5.02 Å². The highest BCUT2D eigenvalue weighted by Crippen LogP contribution is 2.32. The van der Waals surface area contributed by atoms with Gasteiger partial charge >= 0.3 is 0 Å². The zero-order valence-electron chi connectivity index (χ0n) is 12.0. The van der Waals surface area contributed by atoms with Gasteiger partial charge in [0.05, 0.1) is 5.02 Å². The van der Waals surface area contributed by atoms with Gasteiger partial charge in [-0.1, -0.05) is 23.7 Å². The normalized spacial score (nSPS) is 18.5. The van der Waals surface area contributed by atoms with Crippen molar-refractivity contribution >= 4 is 28.7 Å². The number of thiophene rings is 1. The minimum absolute atomic E-state index is 0.129. The van der Waals surface area contributed by atoms with Crippen LogP contribution in [0.15, 0.2) is 35.7 Å². The van der Waals surface area contributed by atoms with Crippen molar-refractivity contribution in [3.63, 3.8) is 0 Å². The topological polar surface area (TPSA) is 20.3 Å². The largest absolute Gasteiger partial charge is 0.296 e. The molecule has 1 aromatic carbocycles. The molecule has 1 aromatic heterocycles. The van der Waals surface area contributed by atoms with Crippen LogP contribution in [0.3, 0.4) is 0 Å². The monoisotopic (exact) mass is 319 g/mol. The maximum Gasteiger partial charge on any atom is 0.165 e. The quantitative estimate of drug-likeness (QED) is 0.768. The molecule has 2 nitrogen and oxygen atoms in total. The number of hydrogen-bond acceptors (Lipinski definition) is 3. The summed E-state index contributed by atoms with van der Waals surface area (Å²) in [5.41, 5.74) is 2.07. The molecule has 0 bridgehead atoms. The van der Waals surface area contributed by atoms with Gasteiger partial charge in [0.25, 0.3) is 0 Å². The van der Waals surface area contributed by atoms with Crippen molar-refractivity contribution in [3.05, 3.63) is 56.7 Å². The van der Waals surface area contributed by atoms with Crippen LogP contribution in [-0.2, 0) is 6.42 Å². The predicted octanol–water partition coefficient (Wildman–Crippen LogP) is 4.59. The molecule has 3 rings (SSSR count). The van der Waals surface area contributed by atoms with Crippen LogP contribution in [0.5, 0.6) is 0 Å². The van der Waals surface area contributed by atoms with Crippen molar-refractivity contribution in [3.8, 4) is 0 Å². The minimum atomic E-state index is 0.129. The van der Waals surface area contributed by atoms with E-state index in [1.807, 2.05) is 23.5 Å². The molecule has 0 radical (unpaired) electrons. The number of benzene rings is 1. The lowest BCUT2D eigenvalue weighted by Crippen LogP contribution is -2.34. The van der Waals surface area contributed by atoms with Crippen LogP contribution in [0.25, 0.3) is 0 Å². The molecule has 110 valence electrons.